The Morgan fingerprint density at radius 1 is 1.27 bits per heavy atom. The molecule has 1 fully saturated rings. The third kappa shape index (κ3) is 3.32. The second-order valence-corrected chi connectivity index (χ2v) is 4.01. The molecule has 1 aliphatic rings. The average Bonchev–Trinajstić information content (AvgIpc) is 2.50. The summed E-state index contributed by atoms with van der Waals surface area (Å²) in [6.45, 7) is 1.68. The molecule has 1 unspecified atom stereocenters. The first-order chi connectivity index (χ1) is 7.34. The molecule has 4 nitrogen and oxygen atoms in total. The SMILES string of the molecule is Clc1ccc(NC2CCCOCC2)nn1. The van der Waals surface area contributed by atoms with E-state index < -0.39 is 0 Å². The van der Waals surface area contributed by atoms with Crippen molar-refractivity contribution in [3.05, 3.63) is 17.3 Å². The molecule has 0 aromatic carbocycles. The van der Waals surface area contributed by atoms with Crippen LogP contribution in [0.1, 0.15) is 19.3 Å². The monoisotopic (exact) mass is 227 g/mol. The lowest BCUT2D eigenvalue weighted by Crippen LogP contribution is -2.20. The number of hydrogen-bond acceptors (Lipinski definition) is 4. The van der Waals surface area contributed by atoms with Crippen LogP contribution in [0.3, 0.4) is 0 Å². The topological polar surface area (TPSA) is 47.0 Å². The van der Waals surface area contributed by atoms with Crippen molar-refractivity contribution in [2.24, 2.45) is 0 Å². The van der Waals surface area contributed by atoms with E-state index in [4.69, 9.17) is 16.3 Å². The lowest BCUT2D eigenvalue weighted by atomic mass is 10.1. The van der Waals surface area contributed by atoms with Gasteiger partial charge in [0.25, 0.3) is 0 Å². The summed E-state index contributed by atoms with van der Waals surface area (Å²) in [6, 6.07) is 4.02. The Balaban J connectivity index is 1.92. The highest BCUT2D eigenvalue weighted by molar-refractivity contribution is 6.29. The van der Waals surface area contributed by atoms with E-state index in [-0.39, 0.29) is 0 Å². The van der Waals surface area contributed by atoms with Crippen molar-refractivity contribution in [2.75, 3.05) is 18.5 Å². The lowest BCUT2D eigenvalue weighted by Gasteiger charge is -2.15. The quantitative estimate of drug-likeness (QED) is 0.841. The lowest BCUT2D eigenvalue weighted by molar-refractivity contribution is 0.144. The van der Waals surface area contributed by atoms with Gasteiger partial charge in [-0.25, -0.2) is 0 Å². The zero-order valence-electron chi connectivity index (χ0n) is 8.45. The number of nitrogens with zero attached hydrogens (tertiary/aromatic N) is 2. The van der Waals surface area contributed by atoms with Gasteiger partial charge in [-0.2, -0.15) is 0 Å². The van der Waals surface area contributed by atoms with Gasteiger partial charge in [-0.05, 0) is 31.4 Å². The first-order valence-corrected chi connectivity index (χ1v) is 5.56. The van der Waals surface area contributed by atoms with Crippen molar-refractivity contribution in [3.8, 4) is 0 Å². The third-order valence-corrected chi connectivity index (χ3v) is 2.64. The van der Waals surface area contributed by atoms with Crippen LogP contribution in [0.25, 0.3) is 0 Å². The molecule has 1 aromatic rings. The summed E-state index contributed by atoms with van der Waals surface area (Å²) in [7, 11) is 0. The Hall–Kier alpha value is -0.870. The molecule has 0 amide bonds. The van der Waals surface area contributed by atoms with Gasteiger partial charge in [0.2, 0.25) is 0 Å². The molecule has 1 aromatic heterocycles. The van der Waals surface area contributed by atoms with Gasteiger partial charge in [-0.15, -0.1) is 10.2 Å². The van der Waals surface area contributed by atoms with Gasteiger partial charge < -0.3 is 10.1 Å². The number of hydrogen-bond donors (Lipinski definition) is 1. The van der Waals surface area contributed by atoms with E-state index in [9.17, 15) is 0 Å². The molecule has 0 spiro atoms. The Morgan fingerprint density at radius 3 is 3.00 bits per heavy atom. The number of ether oxygens (including phenoxy) is 1. The number of aromatic nitrogens is 2. The van der Waals surface area contributed by atoms with E-state index in [1.807, 2.05) is 6.07 Å². The highest BCUT2D eigenvalue weighted by atomic mass is 35.5. The summed E-state index contributed by atoms with van der Waals surface area (Å²) >= 11 is 5.66. The largest absolute Gasteiger partial charge is 0.381 e. The number of rotatable bonds is 2. The third-order valence-electron chi connectivity index (χ3n) is 2.44. The molecule has 15 heavy (non-hydrogen) atoms. The average molecular weight is 228 g/mol. The highest BCUT2D eigenvalue weighted by Gasteiger charge is 2.12. The number of nitrogens with one attached hydrogen (secondary N) is 1. The first kappa shape index (κ1) is 10.6. The fourth-order valence-electron chi connectivity index (χ4n) is 1.65. The van der Waals surface area contributed by atoms with E-state index in [0.29, 0.717) is 11.2 Å². The van der Waals surface area contributed by atoms with Crippen LogP contribution < -0.4 is 5.32 Å². The van der Waals surface area contributed by atoms with Gasteiger partial charge in [0, 0.05) is 19.3 Å². The van der Waals surface area contributed by atoms with Crippen molar-refractivity contribution in [1.29, 1.82) is 0 Å². The van der Waals surface area contributed by atoms with Crippen LogP contribution in [0.2, 0.25) is 5.15 Å². The molecule has 1 aliphatic heterocycles. The molecule has 82 valence electrons. The van der Waals surface area contributed by atoms with Crippen LogP contribution in [0, 0.1) is 0 Å². The maximum Gasteiger partial charge on any atom is 0.151 e. The van der Waals surface area contributed by atoms with Gasteiger partial charge >= 0.3 is 0 Å². The van der Waals surface area contributed by atoms with Crippen LogP contribution in [0.4, 0.5) is 5.82 Å². The molecule has 5 heteroatoms. The minimum absolute atomic E-state index is 0.421. The van der Waals surface area contributed by atoms with Crippen molar-refractivity contribution >= 4 is 17.4 Å². The predicted molar refractivity (Wildman–Crippen MR) is 59.1 cm³/mol. The molecule has 1 saturated heterocycles. The molecule has 1 atom stereocenters. The van der Waals surface area contributed by atoms with Crippen molar-refractivity contribution in [2.45, 2.75) is 25.3 Å². The van der Waals surface area contributed by atoms with Crippen molar-refractivity contribution in [3.63, 3.8) is 0 Å². The minimum atomic E-state index is 0.421. The Labute approximate surface area is 94.0 Å². The molecule has 0 bridgehead atoms. The Bertz CT molecular complexity index is 296. The van der Waals surface area contributed by atoms with Crippen molar-refractivity contribution < 1.29 is 4.74 Å². The zero-order chi connectivity index (χ0) is 10.5. The smallest absolute Gasteiger partial charge is 0.151 e. The van der Waals surface area contributed by atoms with Crippen LogP contribution in [-0.2, 0) is 4.74 Å². The maximum atomic E-state index is 5.66. The molecular weight excluding hydrogens is 214 g/mol. The summed E-state index contributed by atoms with van der Waals surface area (Å²) in [5, 5.41) is 11.5. The second-order valence-electron chi connectivity index (χ2n) is 3.63. The maximum absolute atomic E-state index is 5.66. The standard InChI is InChI=1S/C10H14ClN3O/c11-9-3-4-10(14-13-9)12-8-2-1-6-15-7-5-8/h3-4,8H,1-2,5-7H2,(H,12,14). The molecular formula is C10H14ClN3O. The summed E-state index contributed by atoms with van der Waals surface area (Å²) in [5.74, 6) is 0.784. The van der Waals surface area contributed by atoms with E-state index in [1.165, 1.54) is 0 Å². The van der Waals surface area contributed by atoms with Gasteiger partial charge in [0.15, 0.2) is 5.15 Å². The summed E-state index contributed by atoms with van der Waals surface area (Å²) in [4.78, 5) is 0. The molecule has 1 N–H and O–H groups in total. The summed E-state index contributed by atoms with van der Waals surface area (Å²) < 4.78 is 5.38. The Morgan fingerprint density at radius 2 is 2.20 bits per heavy atom. The van der Waals surface area contributed by atoms with Crippen LogP contribution >= 0.6 is 11.6 Å². The number of anilines is 1. The van der Waals surface area contributed by atoms with E-state index >= 15 is 0 Å². The van der Waals surface area contributed by atoms with Crippen molar-refractivity contribution in [1.82, 2.24) is 10.2 Å². The van der Waals surface area contributed by atoms with E-state index in [0.717, 1.165) is 38.3 Å². The highest BCUT2D eigenvalue weighted by Crippen LogP contribution is 2.14. The van der Waals surface area contributed by atoms with Gasteiger partial charge in [0.1, 0.15) is 5.82 Å². The molecule has 0 saturated carbocycles. The van der Waals surface area contributed by atoms with Crippen LogP contribution in [-0.4, -0.2) is 29.5 Å². The molecule has 2 heterocycles. The Kier molecular flexibility index (Phi) is 3.75. The zero-order valence-corrected chi connectivity index (χ0v) is 9.20. The predicted octanol–water partition coefficient (Wildman–Crippen LogP) is 2.11. The van der Waals surface area contributed by atoms with E-state index in [1.54, 1.807) is 6.07 Å². The van der Waals surface area contributed by atoms with Gasteiger partial charge in [-0.1, -0.05) is 11.6 Å². The van der Waals surface area contributed by atoms with Gasteiger partial charge in [-0.3, -0.25) is 0 Å². The molecule has 0 aliphatic carbocycles. The first-order valence-electron chi connectivity index (χ1n) is 5.18. The number of halogens is 1. The molecule has 2 rings (SSSR count). The van der Waals surface area contributed by atoms with Crippen LogP contribution in [0.5, 0.6) is 0 Å². The van der Waals surface area contributed by atoms with E-state index in [2.05, 4.69) is 15.5 Å². The fraction of sp³-hybridized carbons (Fsp3) is 0.600. The summed E-state index contributed by atoms with van der Waals surface area (Å²) in [5.41, 5.74) is 0. The fourth-order valence-corrected chi connectivity index (χ4v) is 1.75. The van der Waals surface area contributed by atoms with Gasteiger partial charge in [0.05, 0.1) is 0 Å². The van der Waals surface area contributed by atoms with Crippen LogP contribution in [0.15, 0.2) is 12.1 Å². The minimum Gasteiger partial charge on any atom is -0.381 e. The second kappa shape index (κ2) is 5.28. The molecule has 0 radical (unpaired) electrons. The normalized spacial score (nSPS) is 22.1. The summed E-state index contributed by atoms with van der Waals surface area (Å²) in [6.07, 6.45) is 3.23.